The normalized spacial score (nSPS) is 23.2. The minimum absolute atomic E-state index is 0.164. The van der Waals surface area contributed by atoms with Crippen molar-refractivity contribution in [3.8, 4) is 0 Å². The van der Waals surface area contributed by atoms with Crippen LogP contribution in [0.25, 0.3) is 0 Å². The number of hydrogen-bond donors (Lipinski definition) is 1. The van der Waals surface area contributed by atoms with Crippen LogP contribution in [0.5, 0.6) is 0 Å². The van der Waals surface area contributed by atoms with Gasteiger partial charge in [-0.3, -0.25) is 4.79 Å². The van der Waals surface area contributed by atoms with E-state index < -0.39 is 0 Å². The van der Waals surface area contributed by atoms with Gasteiger partial charge in [0.1, 0.15) is 0 Å². The van der Waals surface area contributed by atoms with E-state index in [-0.39, 0.29) is 4.87 Å². The van der Waals surface area contributed by atoms with Crippen LogP contribution in [0.4, 0.5) is 0 Å². The Morgan fingerprint density at radius 2 is 2.28 bits per heavy atom. The molecule has 0 amide bonds. The predicted molar refractivity (Wildman–Crippen MR) is 77.4 cm³/mol. The summed E-state index contributed by atoms with van der Waals surface area (Å²) in [6.45, 7) is 8.40. The molecule has 3 nitrogen and oxygen atoms in total. The van der Waals surface area contributed by atoms with E-state index in [1.54, 1.807) is 0 Å². The Morgan fingerprint density at radius 1 is 1.50 bits per heavy atom. The van der Waals surface area contributed by atoms with Crippen molar-refractivity contribution in [3.05, 3.63) is 20.7 Å². The predicted octanol–water partition coefficient (Wildman–Crippen LogP) is 2.78. The SMILES string of the molecule is Cc1csc(=O)n1CCNC1CCCCC1(C)C. The molecule has 1 aromatic rings. The zero-order valence-electron chi connectivity index (χ0n) is 11.7. The molecule has 18 heavy (non-hydrogen) atoms. The fourth-order valence-electron chi connectivity index (χ4n) is 2.90. The summed E-state index contributed by atoms with van der Waals surface area (Å²) in [5, 5.41) is 5.59. The van der Waals surface area contributed by atoms with Crippen LogP contribution >= 0.6 is 11.3 Å². The number of aryl methyl sites for hydroxylation is 1. The lowest BCUT2D eigenvalue weighted by molar-refractivity contribution is 0.167. The Morgan fingerprint density at radius 3 is 2.89 bits per heavy atom. The molecule has 1 saturated carbocycles. The van der Waals surface area contributed by atoms with Crippen molar-refractivity contribution in [2.75, 3.05) is 6.54 Å². The van der Waals surface area contributed by atoms with Crippen molar-refractivity contribution in [2.45, 2.75) is 59.0 Å². The van der Waals surface area contributed by atoms with Gasteiger partial charge < -0.3 is 9.88 Å². The summed E-state index contributed by atoms with van der Waals surface area (Å²) in [7, 11) is 0. The first-order valence-corrected chi connectivity index (χ1v) is 7.77. The molecular weight excluding hydrogens is 244 g/mol. The van der Waals surface area contributed by atoms with Crippen molar-refractivity contribution < 1.29 is 0 Å². The Labute approximate surface area is 113 Å². The maximum atomic E-state index is 11.6. The fraction of sp³-hybridized carbons (Fsp3) is 0.786. The zero-order valence-corrected chi connectivity index (χ0v) is 12.5. The second-order valence-electron chi connectivity index (χ2n) is 6.04. The summed E-state index contributed by atoms with van der Waals surface area (Å²) in [5.41, 5.74) is 1.47. The Bertz CT molecular complexity index is 447. The molecular formula is C14H24N2OS. The van der Waals surface area contributed by atoms with Gasteiger partial charge in [0.15, 0.2) is 0 Å². The molecule has 1 aromatic heterocycles. The highest BCUT2D eigenvalue weighted by Gasteiger charge is 2.31. The van der Waals surface area contributed by atoms with Crippen molar-refractivity contribution in [1.29, 1.82) is 0 Å². The highest BCUT2D eigenvalue weighted by Crippen LogP contribution is 2.35. The lowest BCUT2D eigenvalue weighted by Crippen LogP contribution is -2.45. The van der Waals surface area contributed by atoms with Crippen LogP contribution in [0.1, 0.15) is 45.2 Å². The number of thiazole rings is 1. The number of hydrogen-bond acceptors (Lipinski definition) is 3. The average Bonchev–Trinajstić information content (AvgIpc) is 2.62. The number of nitrogens with one attached hydrogen (secondary N) is 1. The van der Waals surface area contributed by atoms with E-state index in [0.29, 0.717) is 11.5 Å². The van der Waals surface area contributed by atoms with Crippen LogP contribution in [-0.2, 0) is 6.54 Å². The Balaban J connectivity index is 1.87. The molecule has 1 unspecified atom stereocenters. The molecule has 4 heteroatoms. The van der Waals surface area contributed by atoms with Crippen LogP contribution in [0.2, 0.25) is 0 Å². The van der Waals surface area contributed by atoms with Gasteiger partial charge in [0.25, 0.3) is 0 Å². The molecule has 1 aliphatic carbocycles. The molecule has 2 rings (SSSR count). The van der Waals surface area contributed by atoms with E-state index in [0.717, 1.165) is 18.8 Å². The molecule has 1 aliphatic rings. The van der Waals surface area contributed by atoms with Gasteiger partial charge in [0, 0.05) is 30.2 Å². The highest BCUT2D eigenvalue weighted by atomic mass is 32.1. The standard InChI is InChI=1S/C14H24N2OS/c1-11-10-18-13(17)16(11)9-8-15-12-6-4-5-7-14(12,2)3/h10,12,15H,4-9H2,1-3H3. The second-order valence-corrected chi connectivity index (χ2v) is 6.86. The van der Waals surface area contributed by atoms with Crippen molar-refractivity contribution >= 4 is 11.3 Å². The first kappa shape index (κ1) is 13.8. The molecule has 1 N–H and O–H groups in total. The number of aromatic nitrogens is 1. The van der Waals surface area contributed by atoms with Crippen LogP contribution in [0.15, 0.2) is 10.2 Å². The van der Waals surface area contributed by atoms with Gasteiger partial charge in [0.05, 0.1) is 0 Å². The number of nitrogens with zero attached hydrogens (tertiary/aromatic N) is 1. The topological polar surface area (TPSA) is 34.0 Å². The molecule has 0 aliphatic heterocycles. The van der Waals surface area contributed by atoms with Gasteiger partial charge in [-0.05, 0) is 25.2 Å². The first-order chi connectivity index (χ1) is 8.50. The third-order valence-electron chi connectivity index (χ3n) is 4.21. The molecule has 1 fully saturated rings. The molecule has 0 spiro atoms. The minimum Gasteiger partial charge on any atom is -0.312 e. The van der Waals surface area contributed by atoms with Crippen LogP contribution in [0, 0.1) is 12.3 Å². The molecule has 1 heterocycles. The maximum Gasteiger partial charge on any atom is 0.307 e. The maximum absolute atomic E-state index is 11.6. The summed E-state index contributed by atoms with van der Waals surface area (Å²) in [6, 6.07) is 0.598. The highest BCUT2D eigenvalue weighted by molar-refractivity contribution is 7.07. The van der Waals surface area contributed by atoms with Crippen molar-refractivity contribution in [2.24, 2.45) is 5.41 Å². The van der Waals surface area contributed by atoms with E-state index in [4.69, 9.17) is 0 Å². The van der Waals surface area contributed by atoms with Crippen molar-refractivity contribution in [1.82, 2.24) is 9.88 Å². The molecule has 102 valence electrons. The summed E-state index contributed by atoms with van der Waals surface area (Å²) in [4.78, 5) is 11.8. The fourth-order valence-corrected chi connectivity index (χ4v) is 3.66. The third-order valence-corrected chi connectivity index (χ3v) is 5.09. The lowest BCUT2D eigenvalue weighted by atomic mass is 9.73. The summed E-state index contributed by atoms with van der Waals surface area (Å²) < 4.78 is 1.87. The molecule has 0 saturated heterocycles. The smallest absolute Gasteiger partial charge is 0.307 e. The second kappa shape index (κ2) is 5.57. The quantitative estimate of drug-likeness (QED) is 0.911. The van der Waals surface area contributed by atoms with Gasteiger partial charge in [0.2, 0.25) is 0 Å². The van der Waals surface area contributed by atoms with Crippen LogP contribution in [-0.4, -0.2) is 17.2 Å². The summed E-state index contributed by atoms with van der Waals surface area (Å²) in [6.07, 6.45) is 5.26. The van der Waals surface area contributed by atoms with Crippen LogP contribution in [0.3, 0.4) is 0 Å². The number of rotatable bonds is 4. The van der Waals surface area contributed by atoms with Gasteiger partial charge >= 0.3 is 4.87 Å². The van der Waals surface area contributed by atoms with E-state index in [2.05, 4.69) is 19.2 Å². The zero-order chi connectivity index (χ0) is 13.2. The van der Waals surface area contributed by atoms with E-state index in [1.807, 2.05) is 16.9 Å². The Hall–Kier alpha value is -0.610. The van der Waals surface area contributed by atoms with Crippen molar-refractivity contribution in [3.63, 3.8) is 0 Å². The van der Waals surface area contributed by atoms with E-state index in [1.165, 1.54) is 37.0 Å². The largest absolute Gasteiger partial charge is 0.312 e. The third kappa shape index (κ3) is 3.04. The van der Waals surface area contributed by atoms with Gasteiger partial charge in [-0.2, -0.15) is 0 Å². The van der Waals surface area contributed by atoms with Gasteiger partial charge in [-0.15, -0.1) is 0 Å². The summed E-state index contributed by atoms with van der Waals surface area (Å²) >= 11 is 1.30. The monoisotopic (exact) mass is 268 g/mol. The minimum atomic E-state index is 0.164. The lowest BCUT2D eigenvalue weighted by Gasteiger charge is -2.39. The molecule has 0 radical (unpaired) electrons. The average molecular weight is 268 g/mol. The van der Waals surface area contributed by atoms with Crippen LogP contribution < -0.4 is 10.2 Å². The van der Waals surface area contributed by atoms with E-state index >= 15 is 0 Å². The molecule has 1 atom stereocenters. The van der Waals surface area contributed by atoms with Gasteiger partial charge in [-0.25, -0.2) is 0 Å². The Kier molecular flexibility index (Phi) is 4.28. The molecule has 0 bridgehead atoms. The van der Waals surface area contributed by atoms with E-state index in [9.17, 15) is 4.79 Å². The van der Waals surface area contributed by atoms with Gasteiger partial charge in [-0.1, -0.05) is 38.0 Å². The summed E-state index contributed by atoms with van der Waals surface area (Å²) in [5.74, 6) is 0. The first-order valence-electron chi connectivity index (χ1n) is 6.89. The molecule has 0 aromatic carbocycles.